The van der Waals surface area contributed by atoms with Crippen LogP contribution in [0, 0.1) is 11.8 Å². The molecule has 0 aliphatic carbocycles. The highest BCUT2D eigenvalue weighted by molar-refractivity contribution is 7.54. The summed E-state index contributed by atoms with van der Waals surface area (Å²) in [6.45, 7) is 2.23. The first-order chi connectivity index (χ1) is 42.2. The van der Waals surface area contributed by atoms with Gasteiger partial charge in [-0.25, -0.2) is 0 Å². The molecule has 3 saturated heterocycles. The Hall–Kier alpha value is -8.58. The van der Waals surface area contributed by atoms with Crippen molar-refractivity contribution in [1.29, 1.82) is 0 Å². The van der Waals surface area contributed by atoms with Gasteiger partial charge in [-0.1, -0.05) is 91.1 Å². The molecule has 0 saturated carbocycles. The summed E-state index contributed by atoms with van der Waals surface area (Å²) in [6.07, 6.45) is 3.00. The van der Waals surface area contributed by atoms with E-state index in [1.165, 1.54) is 47.7 Å². The summed E-state index contributed by atoms with van der Waals surface area (Å²) in [4.78, 5) is 132. The normalized spacial score (nSPS) is 19.2. The zero-order valence-electron chi connectivity index (χ0n) is 49.3. The number of unbranched alkanes of at least 4 members (excludes halogenated alkanes) is 3. The lowest BCUT2D eigenvalue weighted by Gasteiger charge is -2.39. The molecular weight excluding hydrogens is 1160 g/mol. The monoisotopic (exact) mass is 1230 g/mol. The number of rotatable bonds is 23. The Morgan fingerprint density at radius 3 is 2.20 bits per heavy atom. The second kappa shape index (κ2) is 28.1. The van der Waals surface area contributed by atoms with Crippen LogP contribution in [0.25, 0.3) is 10.9 Å². The second-order valence-corrected chi connectivity index (χ2v) is 24.4. The third kappa shape index (κ3) is 14.0. The maximum absolute atomic E-state index is 15.9. The number of fused-ring (bicyclic) bond motifs is 3. The molecule has 5 aromatic rings. The lowest BCUT2D eigenvalue weighted by molar-refractivity contribution is -0.150. The van der Waals surface area contributed by atoms with Crippen molar-refractivity contribution in [1.82, 2.24) is 40.5 Å². The van der Waals surface area contributed by atoms with Gasteiger partial charge in [0.25, 0.3) is 17.7 Å². The molecule has 6 N–H and O–H groups in total. The van der Waals surface area contributed by atoms with E-state index >= 15 is 13.6 Å². The van der Waals surface area contributed by atoms with E-state index in [9.17, 15) is 42.9 Å². The molecule has 4 aromatic carbocycles. The second-order valence-electron chi connectivity index (χ2n) is 22.3. The van der Waals surface area contributed by atoms with Gasteiger partial charge < -0.3 is 50.4 Å². The quantitative estimate of drug-likeness (QED) is 0.0193. The average Bonchev–Trinajstić information content (AvgIpc) is 2.77. The molecule has 464 valence electrons. The van der Waals surface area contributed by atoms with Crippen LogP contribution in [0.5, 0.6) is 0 Å². The van der Waals surface area contributed by atoms with Crippen LogP contribution < -0.4 is 21.7 Å². The Labute approximate surface area is 508 Å². The van der Waals surface area contributed by atoms with Gasteiger partial charge in [-0.15, -0.1) is 0 Å². The number of likely N-dealkylation sites (tertiary alicyclic amines) is 1. The number of H-pyrrole nitrogens is 1. The Kier molecular flexibility index (Phi) is 20.4. The van der Waals surface area contributed by atoms with Gasteiger partial charge >= 0.3 is 13.3 Å². The van der Waals surface area contributed by atoms with Gasteiger partial charge in [-0.2, -0.15) is 8.78 Å². The number of hydrogen-bond acceptors (Lipinski definition) is 12. The van der Waals surface area contributed by atoms with E-state index in [-0.39, 0.29) is 112 Å². The maximum atomic E-state index is 15.9. The lowest BCUT2D eigenvalue weighted by atomic mass is 9.98. The van der Waals surface area contributed by atoms with Crippen LogP contribution in [0.3, 0.4) is 0 Å². The first-order valence-electron chi connectivity index (χ1n) is 29.8. The number of aromatic amines is 1. The van der Waals surface area contributed by atoms with Crippen molar-refractivity contribution >= 4 is 71.7 Å². The molecule has 1 aromatic heterocycles. The fourth-order valence-corrected chi connectivity index (χ4v) is 13.5. The summed E-state index contributed by atoms with van der Waals surface area (Å²) in [5.41, 5.74) is 4.26. The molecule has 5 heterocycles. The van der Waals surface area contributed by atoms with Gasteiger partial charge in [-0.05, 0) is 106 Å². The third-order valence-electron chi connectivity index (χ3n) is 16.6. The predicted molar refractivity (Wildman–Crippen MR) is 319 cm³/mol. The number of imide groups is 1. The average molecular weight is 1230 g/mol. The standard InChI is InChI=1S/C64H72F2N9O12P/c1-4-86-88(85,87-5-2)64(65,66)44-26-28-48-43(36-44)37-50(68-48)59(80)70-51-39-73(56(78)25-16-8-6-7-11-18-40-23-17-24-46-47(40)38-74(61(46)82)53-31-33-55(77)72(3)63(53)84)35-34-45-27-30-52(75(45)62(51)83)60(81)69-49(29-32-54(67)76)58(79)71-57(41-19-12-9-13-20-41)42-21-14-10-15-22-42/h9-10,12-15,17,19-24,26,28,36-37,45,49,51-53,57,68H,4-8,16,25,27,29-35,38-39H2,1-3H3,(H2,67,76)(H,69,81)(H,70,80)(H,71,79)/t45-,49+,51+,52+,53?/m1/s1. The Balaban J connectivity index is 0.900. The fraction of sp³-hybridized carbons (Fsp3) is 0.422. The van der Waals surface area contributed by atoms with Crippen molar-refractivity contribution in [2.24, 2.45) is 5.73 Å². The van der Waals surface area contributed by atoms with E-state index in [1.54, 1.807) is 12.1 Å². The topological polar surface area (TPSA) is 280 Å². The zero-order valence-corrected chi connectivity index (χ0v) is 50.2. The Morgan fingerprint density at radius 2 is 1.52 bits per heavy atom. The summed E-state index contributed by atoms with van der Waals surface area (Å²) in [6, 6.07) is 22.4. The van der Waals surface area contributed by atoms with Crippen LogP contribution in [0.2, 0.25) is 0 Å². The van der Waals surface area contributed by atoms with E-state index < -0.39 is 90.5 Å². The maximum Gasteiger partial charge on any atom is 0.404 e. The van der Waals surface area contributed by atoms with Crippen LogP contribution in [-0.4, -0.2) is 141 Å². The summed E-state index contributed by atoms with van der Waals surface area (Å²) in [5, 5.41) is 8.74. The number of aromatic nitrogens is 1. The van der Waals surface area contributed by atoms with E-state index in [4.69, 9.17) is 14.8 Å². The molecule has 5 atom stereocenters. The van der Waals surface area contributed by atoms with Gasteiger partial charge in [0.15, 0.2) is 0 Å². The molecule has 4 aliphatic rings. The highest BCUT2D eigenvalue weighted by Gasteiger charge is 2.55. The minimum atomic E-state index is -4.99. The van der Waals surface area contributed by atoms with Crippen LogP contribution in [0.1, 0.15) is 146 Å². The molecule has 0 radical (unpaired) electrons. The Bertz CT molecular complexity index is 3540. The van der Waals surface area contributed by atoms with Gasteiger partial charge in [0.1, 0.15) is 29.9 Å². The number of piperidine rings is 1. The van der Waals surface area contributed by atoms with Crippen LogP contribution in [-0.2, 0) is 59.4 Å². The predicted octanol–water partition coefficient (Wildman–Crippen LogP) is 6.94. The molecule has 9 amide bonds. The first-order valence-corrected chi connectivity index (χ1v) is 31.3. The minimum Gasteiger partial charge on any atom is -0.370 e. The number of amides is 9. The van der Waals surface area contributed by atoms with Crippen molar-refractivity contribution in [3.05, 3.63) is 142 Å². The molecule has 4 aliphatic heterocycles. The summed E-state index contributed by atoms with van der Waals surface area (Å²) >= 11 is 0. The number of carbonyl (C=O) groups is 9. The summed E-state index contributed by atoms with van der Waals surface area (Å²) in [5.74, 6) is 1.57. The molecule has 88 heavy (non-hydrogen) atoms. The number of nitrogens with zero attached hydrogens (tertiary/aromatic N) is 4. The van der Waals surface area contributed by atoms with E-state index in [2.05, 4.69) is 32.8 Å². The number of nitrogens with two attached hydrogens (primary N) is 1. The number of carbonyl (C=O) groups excluding carboxylic acids is 9. The molecule has 21 nitrogen and oxygen atoms in total. The molecule has 0 bridgehead atoms. The lowest BCUT2D eigenvalue weighted by Crippen LogP contribution is -2.62. The van der Waals surface area contributed by atoms with Crippen molar-refractivity contribution < 1.29 is 65.5 Å². The van der Waals surface area contributed by atoms with Gasteiger partial charge in [0.05, 0.1) is 19.3 Å². The van der Waals surface area contributed by atoms with Crippen molar-refractivity contribution in [2.75, 3.05) is 33.4 Å². The Morgan fingerprint density at radius 1 is 0.818 bits per heavy atom. The number of benzene rings is 4. The largest absolute Gasteiger partial charge is 0.404 e. The third-order valence-corrected chi connectivity index (χ3v) is 18.7. The minimum absolute atomic E-state index is 0.0885. The molecule has 24 heteroatoms. The van der Waals surface area contributed by atoms with Gasteiger partial charge in [0.2, 0.25) is 35.4 Å². The zero-order chi connectivity index (χ0) is 62.9. The SMILES string of the molecule is CCOP(=O)(OCC)C(F)(F)c1ccc2[nH]c(C(=O)N[C@H]3CN(C(=O)CCCCCC#Cc4cccc5c4CN(C4CCC(=O)N(C)C4=O)C5=O)CC[C@H]4CC[C@@H](C(=O)N[C@@H](CCC(N)=O)C(=O)NC(c5ccccc5)c5ccccc5)N4C3=O)cc2c1. The van der Waals surface area contributed by atoms with E-state index in [0.29, 0.717) is 48.8 Å². The van der Waals surface area contributed by atoms with Crippen molar-refractivity contribution in [2.45, 2.75) is 139 Å². The molecule has 9 rings (SSSR count). The number of nitrogens with one attached hydrogen (secondary N) is 4. The summed E-state index contributed by atoms with van der Waals surface area (Å²) in [7, 11) is -3.57. The fourth-order valence-electron chi connectivity index (χ4n) is 11.9. The summed E-state index contributed by atoms with van der Waals surface area (Å²) < 4.78 is 55.1. The van der Waals surface area contributed by atoms with Gasteiger partial charge in [-0.3, -0.25) is 52.6 Å². The number of likely N-dealkylation sites (N-methyl/N-ethyl adjacent to an activating group) is 1. The number of halogens is 2. The number of alkyl halides is 2. The van der Waals surface area contributed by atoms with Crippen molar-refractivity contribution in [3.63, 3.8) is 0 Å². The molecular formula is C64H72F2N9O12P. The first kappa shape index (κ1) is 63.9. The molecule has 0 spiro atoms. The van der Waals surface area contributed by atoms with E-state index in [0.717, 1.165) is 28.2 Å². The van der Waals surface area contributed by atoms with Gasteiger partial charge in [0, 0.05) is 86.0 Å². The number of hydrogen-bond donors (Lipinski definition) is 5. The highest BCUT2D eigenvalue weighted by Crippen LogP contribution is 2.67. The molecule has 3 fully saturated rings. The van der Waals surface area contributed by atoms with E-state index in [1.807, 2.05) is 66.7 Å². The number of primary amides is 1. The molecule has 1 unspecified atom stereocenters. The highest BCUT2D eigenvalue weighted by atomic mass is 31.2. The van der Waals surface area contributed by atoms with Crippen molar-refractivity contribution in [3.8, 4) is 11.8 Å². The van der Waals surface area contributed by atoms with Crippen LogP contribution in [0.4, 0.5) is 8.78 Å². The van der Waals surface area contributed by atoms with Crippen LogP contribution in [0.15, 0.2) is 103 Å². The smallest absolute Gasteiger partial charge is 0.370 e. The van der Waals surface area contributed by atoms with Crippen LogP contribution >= 0.6 is 7.60 Å².